The van der Waals surface area contributed by atoms with E-state index in [0.717, 1.165) is 10.4 Å². The summed E-state index contributed by atoms with van der Waals surface area (Å²) >= 11 is 1.23. The van der Waals surface area contributed by atoms with Crippen molar-refractivity contribution in [3.8, 4) is 0 Å². The van der Waals surface area contributed by atoms with Crippen molar-refractivity contribution in [2.24, 2.45) is 5.92 Å². The van der Waals surface area contributed by atoms with Gasteiger partial charge in [-0.2, -0.15) is 4.31 Å². The minimum Gasteiger partial charge on any atom is -0.464 e. The second kappa shape index (κ2) is 10.4. The highest BCUT2D eigenvalue weighted by molar-refractivity contribution is 7.91. The van der Waals surface area contributed by atoms with Gasteiger partial charge in [0.15, 0.2) is 0 Å². The Morgan fingerprint density at radius 2 is 1.97 bits per heavy atom. The molecule has 2 heterocycles. The summed E-state index contributed by atoms with van der Waals surface area (Å²) < 4.78 is 32.7. The van der Waals surface area contributed by atoms with E-state index in [0.29, 0.717) is 30.0 Å². The first-order valence-corrected chi connectivity index (χ1v) is 12.6. The minimum atomic E-state index is -3.63. The number of hydrogen-bond acceptors (Lipinski definition) is 6. The van der Waals surface area contributed by atoms with E-state index in [1.54, 1.807) is 19.1 Å². The van der Waals surface area contributed by atoms with Gasteiger partial charge in [0.2, 0.25) is 5.91 Å². The number of piperidine rings is 1. The third kappa shape index (κ3) is 5.93. The van der Waals surface area contributed by atoms with Crippen LogP contribution in [0.25, 0.3) is 0 Å². The summed E-state index contributed by atoms with van der Waals surface area (Å²) in [7, 11) is -3.63. The maximum Gasteiger partial charge on any atom is 0.328 e. The molecule has 0 radical (unpaired) electrons. The normalized spacial score (nSPS) is 18.3. The molecule has 7 nitrogen and oxygen atoms in total. The number of sulfonamides is 1. The van der Waals surface area contributed by atoms with E-state index in [9.17, 15) is 18.0 Å². The van der Waals surface area contributed by atoms with Gasteiger partial charge in [0.25, 0.3) is 10.0 Å². The topological polar surface area (TPSA) is 92.8 Å². The van der Waals surface area contributed by atoms with Gasteiger partial charge in [-0.1, -0.05) is 30.3 Å². The fourth-order valence-electron chi connectivity index (χ4n) is 3.63. The SMILES string of the molecule is CCOC(=O)C(Cc1ccccc1)NC(=O)C1CCCN(S(=O)(=O)c2ccc(C)s2)C1. The van der Waals surface area contributed by atoms with Crippen LogP contribution in [-0.2, 0) is 30.8 Å². The van der Waals surface area contributed by atoms with Crippen LogP contribution >= 0.6 is 11.3 Å². The number of thiophene rings is 1. The van der Waals surface area contributed by atoms with Crippen molar-refractivity contribution in [3.63, 3.8) is 0 Å². The molecule has 0 spiro atoms. The Bertz CT molecular complexity index is 1000. The van der Waals surface area contributed by atoms with E-state index < -0.39 is 28.0 Å². The number of hydrogen-bond donors (Lipinski definition) is 1. The molecule has 0 saturated carbocycles. The van der Waals surface area contributed by atoms with Gasteiger partial charge in [0.05, 0.1) is 12.5 Å². The lowest BCUT2D eigenvalue weighted by atomic mass is 9.97. The molecule has 0 aliphatic carbocycles. The zero-order valence-electron chi connectivity index (χ0n) is 17.7. The van der Waals surface area contributed by atoms with Gasteiger partial charge >= 0.3 is 5.97 Å². The molecule has 2 atom stereocenters. The second-order valence-corrected chi connectivity index (χ2v) is 11.0. The molecule has 2 aromatic rings. The Morgan fingerprint density at radius 3 is 2.61 bits per heavy atom. The molecule has 1 saturated heterocycles. The van der Waals surface area contributed by atoms with E-state index >= 15 is 0 Å². The Kier molecular flexibility index (Phi) is 7.85. The number of benzene rings is 1. The Labute approximate surface area is 187 Å². The van der Waals surface area contributed by atoms with Crippen LogP contribution in [-0.4, -0.2) is 50.3 Å². The van der Waals surface area contributed by atoms with Crippen LogP contribution in [0.4, 0.5) is 0 Å². The average molecular weight is 465 g/mol. The molecular formula is C22H28N2O5S2. The summed E-state index contributed by atoms with van der Waals surface area (Å²) in [6, 6.07) is 12.0. The van der Waals surface area contributed by atoms with Crippen molar-refractivity contribution in [3.05, 3.63) is 52.9 Å². The van der Waals surface area contributed by atoms with Gasteiger partial charge in [0, 0.05) is 24.4 Å². The number of amides is 1. The quantitative estimate of drug-likeness (QED) is 0.607. The number of carbonyl (C=O) groups excluding carboxylic acids is 2. The van der Waals surface area contributed by atoms with Crippen molar-refractivity contribution in [2.45, 2.75) is 43.4 Å². The van der Waals surface area contributed by atoms with E-state index in [4.69, 9.17) is 4.74 Å². The molecule has 1 aliphatic rings. The van der Waals surface area contributed by atoms with E-state index in [-0.39, 0.29) is 19.1 Å². The van der Waals surface area contributed by atoms with Gasteiger partial charge in [0.1, 0.15) is 10.3 Å². The Balaban J connectivity index is 1.70. The molecule has 31 heavy (non-hydrogen) atoms. The van der Waals surface area contributed by atoms with Gasteiger partial charge < -0.3 is 10.1 Å². The molecule has 2 unspecified atom stereocenters. The smallest absolute Gasteiger partial charge is 0.328 e. The minimum absolute atomic E-state index is 0.103. The molecule has 1 N–H and O–H groups in total. The van der Waals surface area contributed by atoms with Crippen molar-refractivity contribution < 1.29 is 22.7 Å². The third-order valence-corrected chi connectivity index (χ3v) is 8.57. The molecule has 1 aromatic carbocycles. The first-order chi connectivity index (χ1) is 14.8. The molecule has 1 fully saturated rings. The van der Waals surface area contributed by atoms with Gasteiger partial charge in [-0.25, -0.2) is 13.2 Å². The summed E-state index contributed by atoms with van der Waals surface area (Å²) in [6.45, 7) is 4.28. The zero-order valence-corrected chi connectivity index (χ0v) is 19.4. The zero-order chi connectivity index (χ0) is 22.4. The number of carbonyl (C=O) groups is 2. The number of nitrogens with zero attached hydrogens (tertiary/aromatic N) is 1. The molecule has 168 valence electrons. The van der Waals surface area contributed by atoms with Gasteiger partial charge in [-0.3, -0.25) is 4.79 Å². The van der Waals surface area contributed by atoms with Crippen LogP contribution < -0.4 is 5.32 Å². The third-order valence-electron chi connectivity index (χ3n) is 5.24. The van der Waals surface area contributed by atoms with E-state index in [1.165, 1.54) is 15.6 Å². The molecular weight excluding hydrogens is 436 g/mol. The molecule has 9 heteroatoms. The highest BCUT2D eigenvalue weighted by atomic mass is 32.2. The molecule has 1 aliphatic heterocycles. The first-order valence-electron chi connectivity index (χ1n) is 10.4. The lowest BCUT2D eigenvalue weighted by molar-refractivity contribution is -0.148. The second-order valence-electron chi connectivity index (χ2n) is 7.57. The summed E-state index contributed by atoms with van der Waals surface area (Å²) in [5.74, 6) is -1.33. The highest BCUT2D eigenvalue weighted by Crippen LogP contribution is 2.28. The van der Waals surface area contributed by atoms with Crippen molar-refractivity contribution in [1.29, 1.82) is 0 Å². The predicted molar refractivity (Wildman–Crippen MR) is 119 cm³/mol. The van der Waals surface area contributed by atoms with Crippen molar-refractivity contribution >= 4 is 33.2 Å². The summed E-state index contributed by atoms with van der Waals surface area (Å²) in [5.41, 5.74) is 0.904. The van der Waals surface area contributed by atoms with Crippen LogP contribution in [0.3, 0.4) is 0 Å². The lowest BCUT2D eigenvalue weighted by Gasteiger charge is -2.31. The largest absolute Gasteiger partial charge is 0.464 e. The van der Waals surface area contributed by atoms with Gasteiger partial charge in [-0.05, 0) is 44.4 Å². The van der Waals surface area contributed by atoms with Crippen LogP contribution in [0.1, 0.15) is 30.2 Å². The fraction of sp³-hybridized carbons (Fsp3) is 0.455. The molecule has 3 rings (SSSR count). The van der Waals surface area contributed by atoms with Crippen LogP contribution in [0.2, 0.25) is 0 Å². The standard InChI is InChI=1S/C22H28N2O5S2/c1-3-29-22(26)19(14-17-8-5-4-6-9-17)23-21(25)18-10-7-13-24(15-18)31(27,28)20-12-11-16(2)30-20/h4-6,8-9,11-12,18-19H,3,7,10,13-15H2,1-2H3,(H,23,25). The maximum atomic E-state index is 13.0. The van der Waals surface area contributed by atoms with Crippen molar-refractivity contribution in [1.82, 2.24) is 9.62 Å². The molecule has 1 aromatic heterocycles. The summed E-state index contributed by atoms with van der Waals surface area (Å²) in [6.07, 6.45) is 1.47. The monoisotopic (exact) mass is 464 g/mol. The van der Waals surface area contributed by atoms with E-state index in [2.05, 4.69) is 5.32 Å². The fourth-order valence-corrected chi connectivity index (χ4v) is 6.59. The van der Waals surface area contributed by atoms with Crippen LogP contribution in [0.15, 0.2) is 46.7 Å². The molecule has 0 bridgehead atoms. The average Bonchev–Trinajstić information content (AvgIpc) is 3.21. The predicted octanol–water partition coefficient (Wildman–Crippen LogP) is 2.75. The van der Waals surface area contributed by atoms with Crippen LogP contribution in [0.5, 0.6) is 0 Å². The lowest BCUT2D eigenvalue weighted by Crippen LogP contribution is -2.50. The number of ether oxygens (including phenoxy) is 1. The highest BCUT2D eigenvalue weighted by Gasteiger charge is 2.35. The van der Waals surface area contributed by atoms with E-state index in [1.807, 2.05) is 37.3 Å². The summed E-state index contributed by atoms with van der Waals surface area (Å²) in [4.78, 5) is 26.3. The van der Waals surface area contributed by atoms with Crippen molar-refractivity contribution in [2.75, 3.05) is 19.7 Å². The van der Waals surface area contributed by atoms with Crippen LogP contribution in [0, 0.1) is 12.8 Å². The number of aryl methyl sites for hydroxylation is 1. The van der Waals surface area contributed by atoms with Gasteiger partial charge in [-0.15, -0.1) is 11.3 Å². The number of rotatable bonds is 8. The molecule has 1 amide bonds. The Hall–Kier alpha value is -2.23. The Morgan fingerprint density at radius 1 is 1.23 bits per heavy atom. The number of nitrogens with one attached hydrogen (secondary N) is 1. The summed E-state index contributed by atoms with van der Waals surface area (Å²) in [5, 5.41) is 2.80. The maximum absolute atomic E-state index is 13.0. The number of esters is 1. The first kappa shape index (κ1) is 23.4.